The van der Waals surface area contributed by atoms with Crippen molar-refractivity contribution in [3.05, 3.63) is 150 Å². The molecule has 69 heavy (non-hydrogen) atoms. The topological polar surface area (TPSA) is 168 Å². The Kier molecular flexibility index (Phi) is 12.7. The maximum absolute atomic E-state index is 13.5. The van der Waals surface area contributed by atoms with Gasteiger partial charge >= 0.3 is 0 Å². The molecule has 2 aliphatic heterocycles. The molecule has 0 radical (unpaired) electrons. The predicted octanol–water partition coefficient (Wildman–Crippen LogP) is 7.89. The molecule has 6 heterocycles. The van der Waals surface area contributed by atoms with Crippen LogP contribution in [0.2, 0.25) is 0 Å². The molecule has 354 valence electrons. The third-order valence-electron chi connectivity index (χ3n) is 12.8. The van der Waals surface area contributed by atoms with Gasteiger partial charge in [-0.25, -0.2) is 45.9 Å². The van der Waals surface area contributed by atoms with Crippen LogP contribution in [0.25, 0.3) is 43.9 Å². The van der Waals surface area contributed by atoms with Gasteiger partial charge in [-0.1, -0.05) is 30.3 Å². The number of nitrogens with one attached hydrogen (secondary N) is 3. The van der Waals surface area contributed by atoms with Crippen LogP contribution in [0, 0.1) is 23.3 Å². The molecule has 2 fully saturated rings. The van der Waals surface area contributed by atoms with Crippen molar-refractivity contribution < 1.29 is 26.0 Å². The van der Waals surface area contributed by atoms with Gasteiger partial charge in [0.15, 0.2) is 34.9 Å². The van der Waals surface area contributed by atoms with Gasteiger partial charge in [0, 0.05) is 98.6 Å². The molecule has 9 aromatic rings. The Labute approximate surface area is 394 Å². The number of nitrogens with zero attached hydrogens (tertiary/aromatic N) is 8. The number of nitrogen functional groups attached to an aromatic ring is 1. The van der Waals surface area contributed by atoms with Crippen LogP contribution >= 0.6 is 0 Å². The molecule has 4 aromatic heterocycles. The van der Waals surface area contributed by atoms with E-state index in [0.29, 0.717) is 35.1 Å². The zero-order valence-corrected chi connectivity index (χ0v) is 38.2. The molecule has 0 bridgehead atoms. The summed E-state index contributed by atoms with van der Waals surface area (Å²) in [4.78, 5) is 34.1. The maximum atomic E-state index is 13.5. The van der Waals surface area contributed by atoms with Gasteiger partial charge in [0.25, 0.3) is 10.0 Å². The van der Waals surface area contributed by atoms with Crippen LogP contribution < -0.4 is 20.3 Å². The number of piperazine rings is 2. The second-order valence-electron chi connectivity index (χ2n) is 17.2. The number of anilines is 4. The van der Waals surface area contributed by atoms with Crippen molar-refractivity contribution in [1.29, 1.82) is 0 Å². The van der Waals surface area contributed by atoms with Crippen molar-refractivity contribution in [2.24, 2.45) is 0 Å². The van der Waals surface area contributed by atoms with Crippen molar-refractivity contribution in [2.45, 2.75) is 17.7 Å². The smallest absolute Gasteiger partial charge is 0.261 e. The van der Waals surface area contributed by atoms with E-state index in [1.165, 1.54) is 30.6 Å². The number of aromatic nitrogens is 6. The van der Waals surface area contributed by atoms with Crippen molar-refractivity contribution in [3.63, 3.8) is 0 Å². The highest BCUT2D eigenvalue weighted by Gasteiger charge is 2.24. The van der Waals surface area contributed by atoms with Gasteiger partial charge < -0.3 is 25.5 Å². The summed E-state index contributed by atoms with van der Waals surface area (Å²) >= 11 is 0. The summed E-state index contributed by atoms with van der Waals surface area (Å²) in [6.07, 6.45) is 4.44. The largest absolute Gasteiger partial charge is 0.399 e. The molecule has 5 aromatic carbocycles. The maximum Gasteiger partial charge on any atom is 0.261 e. The SMILES string of the molecule is Nc1ccc2[nH]c3c(N4CCN(CCc5ccc(F)c(F)c5)CC4)ncnc3c2c1.O=S(=O)(Nc1ccccc1)c1ccc2[nH]c3c(N4CCN(CCc5ccc(F)c(F)c5)CC4)ncnc3c2c1. The van der Waals surface area contributed by atoms with E-state index in [2.05, 4.69) is 54.2 Å². The monoisotopic (exact) mass is 956 g/mol. The quantitative estimate of drug-likeness (QED) is 0.0735. The van der Waals surface area contributed by atoms with Crippen LogP contribution in [-0.4, -0.2) is 114 Å². The molecule has 5 N–H and O–H groups in total. The lowest BCUT2D eigenvalue weighted by Crippen LogP contribution is -2.47. The number of fused-ring (bicyclic) bond motifs is 6. The fraction of sp³-hybridized carbons (Fsp3) is 0.240. The number of para-hydroxylation sites is 1. The number of sulfonamides is 1. The molecule has 14 nitrogen and oxygen atoms in total. The number of rotatable bonds is 11. The van der Waals surface area contributed by atoms with E-state index in [1.54, 1.807) is 60.9 Å². The van der Waals surface area contributed by atoms with Crippen molar-refractivity contribution >= 4 is 76.9 Å². The number of benzene rings is 5. The third kappa shape index (κ3) is 9.83. The molecule has 0 aliphatic carbocycles. The standard InChI is InChI=1S/C28H26F2N6O2S.C22H22F2N6/c29-23-8-6-19(16-24(23)30)10-11-35-12-14-36(15-13-35)28-27-26(31-18-32-28)22-17-21(7-9-25(22)33-27)39(37,38)34-20-4-2-1-3-5-20;23-17-3-1-14(11-18(17)24)5-6-29-7-9-30(10-8-29)22-21-20(26-13-27-22)16-12-15(25)2-4-19(16)28-21/h1-9,16-18,33-34H,10-15H2;1-4,11-13,28H,5-10,25H2. The Morgan fingerprint density at radius 1 is 0.551 bits per heavy atom. The highest BCUT2D eigenvalue weighted by atomic mass is 32.2. The number of aromatic amines is 2. The van der Waals surface area contributed by atoms with E-state index in [1.807, 2.05) is 24.3 Å². The number of H-pyrrole nitrogens is 2. The Morgan fingerprint density at radius 3 is 1.55 bits per heavy atom. The van der Waals surface area contributed by atoms with E-state index in [0.717, 1.165) is 121 Å². The van der Waals surface area contributed by atoms with E-state index in [4.69, 9.17) is 5.73 Å². The van der Waals surface area contributed by atoms with E-state index in [-0.39, 0.29) is 4.90 Å². The van der Waals surface area contributed by atoms with Gasteiger partial charge in [0.1, 0.15) is 34.7 Å². The van der Waals surface area contributed by atoms with E-state index < -0.39 is 33.3 Å². The zero-order valence-electron chi connectivity index (χ0n) is 37.3. The summed E-state index contributed by atoms with van der Waals surface area (Å²) in [5.74, 6) is -1.57. The number of halogens is 4. The third-order valence-corrected chi connectivity index (χ3v) is 14.2. The highest BCUT2D eigenvalue weighted by molar-refractivity contribution is 7.92. The summed E-state index contributed by atoms with van der Waals surface area (Å²) in [5, 5.41) is 1.70. The molecule has 19 heteroatoms. The molecule has 0 spiro atoms. The summed E-state index contributed by atoms with van der Waals surface area (Å²) in [7, 11) is -3.78. The normalized spacial score (nSPS) is 15.0. The number of hydrogen-bond donors (Lipinski definition) is 4. The Bertz CT molecular complexity index is 3410. The lowest BCUT2D eigenvalue weighted by atomic mass is 10.1. The van der Waals surface area contributed by atoms with Gasteiger partial charge in [-0.05, 0) is 96.8 Å². The minimum absolute atomic E-state index is 0.148. The van der Waals surface area contributed by atoms with Crippen molar-refractivity contribution in [2.75, 3.05) is 85.7 Å². The Hall–Kier alpha value is -7.35. The van der Waals surface area contributed by atoms with Crippen molar-refractivity contribution in [3.8, 4) is 0 Å². The van der Waals surface area contributed by atoms with Gasteiger partial charge in [-0.3, -0.25) is 14.5 Å². The minimum atomic E-state index is -3.78. The molecular weight excluding hydrogens is 909 g/mol. The fourth-order valence-electron chi connectivity index (χ4n) is 9.05. The second-order valence-corrected chi connectivity index (χ2v) is 18.9. The van der Waals surface area contributed by atoms with Crippen LogP contribution in [0.15, 0.2) is 121 Å². The first-order chi connectivity index (χ1) is 33.5. The second kappa shape index (κ2) is 19.3. The summed E-state index contributed by atoms with van der Waals surface area (Å²) in [6.45, 7) is 8.04. The zero-order chi connectivity index (χ0) is 47.6. The van der Waals surface area contributed by atoms with Crippen LogP contribution in [0.3, 0.4) is 0 Å². The Balaban J connectivity index is 0.000000166. The summed E-state index contributed by atoms with van der Waals surface area (Å²) < 4.78 is 81.8. The number of hydrogen-bond acceptors (Lipinski definition) is 11. The number of nitrogens with two attached hydrogens (primary N) is 1. The molecule has 0 unspecified atom stereocenters. The van der Waals surface area contributed by atoms with Crippen molar-refractivity contribution in [1.82, 2.24) is 39.7 Å². The molecule has 0 atom stereocenters. The molecule has 11 rings (SSSR count). The predicted molar refractivity (Wildman–Crippen MR) is 262 cm³/mol. The first kappa shape index (κ1) is 45.4. The molecular formula is C50H48F4N12O2S. The van der Waals surface area contributed by atoms with Gasteiger partial charge in [0.2, 0.25) is 0 Å². The fourth-order valence-corrected chi connectivity index (χ4v) is 10.1. The van der Waals surface area contributed by atoms with E-state index >= 15 is 0 Å². The minimum Gasteiger partial charge on any atom is -0.399 e. The van der Waals surface area contributed by atoms with E-state index in [9.17, 15) is 26.0 Å². The molecule has 2 aliphatic rings. The Morgan fingerprint density at radius 2 is 1.04 bits per heavy atom. The van der Waals surface area contributed by atoms with Crippen LogP contribution in [0.4, 0.5) is 40.6 Å². The average molecular weight is 957 g/mol. The highest BCUT2D eigenvalue weighted by Crippen LogP contribution is 2.33. The lowest BCUT2D eigenvalue weighted by molar-refractivity contribution is 0.260. The molecule has 0 saturated carbocycles. The van der Waals surface area contributed by atoms with Gasteiger partial charge in [-0.15, -0.1) is 0 Å². The van der Waals surface area contributed by atoms with Gasteiger partial charge in [-0.2, -0.15) is 0 Å². The van der Waals surface area contributed by atoms with Crippen LogP contribution in [0.5, 0.6) is 0 Å². The average Bonchev–Trinajstić information content (AvgIpc) is 3.93. The molecule has 0 amide bonds. The van der Waals surface area contributed by atoms with Crippen LogP contribution in [-0.2, 0) is 22.9 Å². The summed E-state index contributed by atoms with van der Waals surface area (Å²) in [6, 6.07) is 27.6. The lowest BCUT2D eigenvalue weighted by Gasteiger charge is -2.35. The van der Waals surface area contributed by atoms with Crippen LogP contribution in [0.1, 0.15) is 11.1 Å². The first-order valence-electron chi connectivity index (χ1n) is 22.6. The summed E-state index contributed by atoms with van der Waals surface area (Å²) in [5.41, 5.74) is 13.7. The molecule has 2 saturated heterocycles. The van der Waals surface area contributed by atoms with Gasteiger partial charge in [0.05, 0.1) is 4.90 Å². The first-order valence-corrected chi connectivity index (χ1v) is 24.1.